The van der Waals surface area contributed by atoms with Crippen LogP contribution in [-0.4, -0.2) is 30.8 Å². The number of anilines is 1. The second-order valence-corrected chi connectivity index (χ2v) is 5.08. The predicted octanol–water partition coefficient (Wildman–Crippen LogP) is 1.99. The van der Waals surface area contributed by atoms with E-state index < -0.39 is 17.4 Å². The number of carboxylic acids is 1. The molecular weight excluding hydrogens is 260 g/mol. The molecule has 1 saturated carbocycles. The van der Waals surface area contributed by atoms with Gasteiger partial charge in [-0.3, -0.25) is 4.79 Å². The molecular formula is C14H18N2O4. The SMILES string of the molecule is COc1ccc(NC(=O)NCC2(C(=O)O)CC2)cc1C. The van der Waals surface area contributed by atoms with Crippen molar-refractivity contribution in [3.05, 3.63) is 23.8 Å². The minimum Gasteiger partial charge on any atom is -0.496 e. The lowest BCUT2D eigenvalue weighted by molar-refractivity contribution is -0.143. The van der Waals surface area contributed by atoms with Crippen LogP contribution in [0.15, 0.2) is 18.2 Å². The first kappa shape index (κ1) is 14.2. The topological polar surface area (TPSA) is 87.7 Å². The van der Waals surface area contributed by atoms with E-state index in [1.165, 1.54) is 0 Å². The van der Waals surface area contributed by atoms with Crippen LogP contribution >= 0.6 is 0 Å². The van der Waals surface area contributed by atoms with E-state index in [9.17, 15) is 9.59 Å². The fraction of sp³-hybridized carbons (Fsp3) is 0.429. The highest BCUT2D eigenvalue weighted by atomic mass is 16.5. The Balaban J connectivity index is 1.89. The number of carbonyl (C=O) groups excluding carboxylic acids is 1. The molecule has 20 heavy (non-hydrogen) atoms. The van der Waals surface area contributed by atoms with E-state index in [4.69, 9.17) is 9.84 Å². The summed E-state index contributed by atoms with van der Waals surface area (Å²) < 4.78 is 5.14. The van der Waals surface area contributed by atoms with Crippen LogP contribution in [0.1, 0.15) is 18.4 Å². The molecule has 0 spiro atoms. The molecule has 0 saturated heterocycles. The first-order valence-electron chi connectivity index (χ1n) is 6.40. The highest BCUT2D eigenvalue weighted by molar-refractivity contribution is 5.90. The van der Waals surface area contributed by atoms with Crippen molar-refractivity contribution in [2.24, 2.45) is 5.41 Å². The van der Waals surface area contributed by atoms with Gasteiger partial charge in [0.2, 0.25) is 0 Å². The highest BCUT2D eigenvalue weighted by Gasteiger charge is 2.50. The second kappa shape index (κ2) is 5.40. The number of aliphatic carboxylic acids is 1. The van der Waals surface area contributed by atoms with Crippen LogP contribution in [0.3, 0.4) is 0 Å². The Labute approximate surface area is 117 Å². The van der Waals surface area contributed by atoms with Crippen LogP contribution in [-0.2, 0) is 4.79 Å². The maximum Gasteiger partial charge on any atom is 0.319 e. The van der Waals surface area contributed by atoms with Gasteiger partial charge in [0.15, 0.2) is 0 Å². The number of benzene rings is 1. The summed E-state index contributed by atoms with van der Waals surface area (Å²) in [6.07, 6.45) is 1.23. The Morgan fingerprint density at radius 1 is 1.40 bits per heavy atom. The molecule has 0 aliphatic heterocycles. The van der Waals surface area contributed by atoms with Gasteiger partial charge in [-0.15, -0.1) is 0 Å². The summed E-state index contributed by atoms with van der Waals surface area (Å²) in [5.74, 6) is -0.100. The van der Waals surface area contributed by atoms with Crippen molar-refractivity contribution in [3.63, 3.8) is 0 Å². The number of amides is 2. The maximum absolute atomic E-state index is 11.7. The zero-order valence-corrected chi connectivity index (χ0v) is 11.5. The number of carboxylic acid groups (broad SMARTS) is 1. The standard InChI is InChI=1S/C14H18N2O4/c1-9-7-10(3-4-11(9)20-2)16-13(19)15-8-14(5-6-14)12(17)18/h3-4,7H,5-6,8H2,1-2H3,(H,17,18)(H2,15,16,19). The average molecular weight is 278 g/mol. The molecule has 108 valence electrons. The zero-order chi connectivity index (χ0) is 14.8. The van der Waals surface area contributed by atoms with Crippen molar-refractivity contribution in [2.75, 3.05) is 19.0 Å². The van der Waals surface area contributed by atoms with Gasteiger partial charge in [0.1, 0.15) is 5.75 Å². The van der Waals surface area contributed by atoms with Crippen LogP contribution in [0.25, 0.3) is 0 Å². The van der Waals surface area contributed by atoms with Crippen molar-refractivity contribution in [1.82, 2.24) is 5.32 Å². The number of rotatable bonds is 5. The predicted molar refractivity (Wildman–Crippen MR) is 74.1 cm³/mol. The number of methoxy groups -OCH3 is 1. The second-order valence-electron chi connectivity index (χ2n) is 5.08. The van der Waals surface area contributed by atoms with Crippen LogP contribution < -0.4 is 15.4 Å². The first-order valence-corrected chi connectivity index (χ1v) is 6.40. The van der Waals surface area contributed by atoms with E-state index >= 15 is 0 Å². The minimum atomic E-state index is -0.849. The smallest absolute Gasteiger partial charge is 0.319 e. The normalized spacial score (nSPS) is 15.3. The summed E-state index contributed by atoms with van der Waals surface area (Å²) in [5, 5.41) is 14.3. The molecule has 0 unspecified atom stereocenters. The van der Waals surface area contributed by atoms with Gasteiger partial charge in [-0.05, 0) is 43.5 Å². The van der Waals surface area contributed by atoms with Crippen molar-refractivity contribution in [1.29, 1.82) is 0 Å². The first-order chi connectivity index (χ1) is 9.47. The summed E-state index contributed by atoms with van der Waals surface area (Å²) in [6, 6.07) is 4.89. The van der Waals surface area contributed by atoms with Gasteiger partial charge in [-0.25, -0.2) is 4.79 Å². The molecule has 1 aromatic rings. The van der Waals surface area contributed by atoms with Crippen LogP contribution in [0.2, 0.25) is 0 Å². The Morgan fingerprint density at radius 3 is 2.60 bits per heavy atom. The van der Waals surface area contributed by atoms with Gasteiger partial charge in [-0.2, -0.15) is 0 Å². The Bertz CT molecular complexity index is 538. The number of hydrogen-bond donors (Lipinski definition) is 3. The van der Waals surface area contributed by atoms with Gasteiger partial charge in [-0.1, -0.05) is 0 Å². The Kier molecular flexibility index (Phi) is 3.83. The molecule has 1 aromatic carbocycles. The van der Waals surface area contributed by atoms with Crippen molar-refractivity contribution in [3.8, 4) is 5.75 Å². The number of hydrogen-bond acceptors (Lipinski definition) is 3. The van der Waals surface area contributed by atoms with E-state index in [0.717, 1.165) is 11.3 Å². The van der Waals surface area contributed by atoms with E-state index in [-0.39, 0.29) is 6.54 Å². The third-order valence-corrected chi connectivity index (χ3v) is 3.55. The summed E-state index contributed by atoms with van der Waals surface area (Å²) in [6.45, 7) is 2.04. The third kappa shape index (κ3) is 3.01. The van der Waals surface area contributed by atoms with Gasteiger partial charge < -0.3 is 20.5 Å². The van der Waals surface area contributed by atoms with E-state index in [2.05, 4.69) is 10.6 Å². The average Bonchev–Trinajstić information content (AvgIpc) is 3.18. The molecule has 0 bridgehead atoms. The van der Waals surface area contributed by atoms with Crippen LogP contribution in [0.5, 0.6) is 5.75 Å². The van der Waals surface area contributed by atoms with Gasteiger partial charge >= 0.3 is 12.0 Å². The molecule has 3 N–H and O–H groups in total. The van der Waals surface area contributed by atoms with E-state index in [1.54, 1.807) is 25.3 Å². The molecule has 0 heterocycles. The van der Waals surface area contributed by atoms with Crippen LogP contribution in [0, 0.1) is 12.3 Å². The van der Waals surface area contributed by atoms with Gasteiger partial charge in [0.25, 0.3) is 0 Å². The molecule has 0 radical (unpaired) electrons. The van der Waals surface area contributed by atoms with E-state index in [1.807, 2.05) is 6.92 Å². The van der Waals surface area contributed by atoms with Gasteiger partial charge in [0, 0.05) is 12.2 Å². The van der Waals surface area contributed by atoms with Crippen molar-refractivity contribution in [2.45, 2.75) is 19.8 Å². The number of ether oxygens (including phenoxy) is 1. The Hall–Kier alpha value is -2.24. The fourth-order valence-electron chi connectivity index (χ4n) is 2.00. The van der Waals surface area contributed by atoms with E-state index in [0.29, 0.717) is 18.5 Å². The van der Waals surface area contributed by atoms with Crippen LogP contribution in [0.4, 0.5) is 10.5 Å². The molecule has 1 aliphatic rings. The number of nitrogens with one attached hydrogen (secondary N) is 2. The largest absolute Gasteiger partial charge is 0.496 e. The lowest BCUT2D eigenvalue weighted by Crippen LogP contribution is -2.36. The third-order valence-electron chi connectivity index (χ3n) is 3.55. The summed E-state index contributed by atoms with van der Waals surface area (Å²) in [7, 11) is 1.59. The van der Waals surface area contributed by atoms with Crippen molar-refractivity contribution >= 4 is 17.7 Å². The molecule has 6 nitrogen and oxygen atoms in total. The quantitative estimate of drug-likeness (QED) is 0.768. The fourth-order valence-corrected chi connectivity index (χ4v) is 2.00. The highest BCUT2D eigenvalue weighted by Crippen LogP contribution is 2.45. The zero-order valence-electron chi connectivity index (χ0n) is 11.5. The molecule has 2 amide bonds. The summed E-state index contributed by atoms with van der Waals surface area (Å²) in [5.41, 5.74) is 0.795. The molecule has 1 aliphatic carbocycles. The molecule has 1 fully saturated rings. The monoisotopic (exact) mass is 278 g/mol. The number of carbonyl (C=O) groups is 2. The Morgan fingerprint density at radius 2 is 2.10 bits per heavy atom. The molecule has 0 atom stereocenters. The molecule has 2 rings (SSSR count). The van der Waals surface area contributed by atoms with Crippen molar-refractivity contribution < 1.29 is 19.4 Å². The lowest BCUT2D eigenvalue weighted by Gasteiger charge is -2.13. The summed E-state index contributed by atoms with van der Waals surface area (Å²) in [4.78, 5) is 22.7. The number of aryl methyl sites for hydroxylation is 1. The lowest BCUT2D eigenvalue weighted by atomic mass is 10.1. The number of urea groups is 1. The molecule has 0 aromatic heterocycles. The maximum atomic E-state index is 11.7. The molecule has 6 heteroatoms. The van der Waals surface area contributed by atoms with Gasteiger partial charge in [0.05, 0.1) is 12.5 Å². The summed E-state index contributed by atoms with van der Waals surface area (Å²) >= 11 is 0. The minimum absolute atomic E-state index is 0.156.